The molecule has 2 nitrogen and oxygen atoms in total. The second-order valence-electron chi connectivity index (χ2n) is 15.3. The zero-order valence-electron chi connectivity index (χ0n) is 31.2. The van der Waals surface area contributed by atoms with E-state index in [1.165, 1.54) is 94.1 Å². The largest absolute Gasteiger partial charge is 0.311 e. The summed E-state index contributed by atoms with van der Waals surface area (Å²) in [7, 11) is 0. The maximum atomic E-state index is 2.52. The molecule has 0 atom stereocenters. The first-order valence-electron chi connectivity index (χ1n) is 19.8. The maximum absolute atomic E-state index is 2.52. The Bertz CT molecular complexity index is 3110. The Morgan fingerprint density at radius 3 is 1.42 bits per heavy atom. The van der Waals surface area contributed by atoms with E-state index >= 15 is 0 Å². The summed E-state index contributed by atoms with van der Waals surface area (Å²) in [6.45, 7) is 0.0689. The van der Waals surface area contributed by atoms with Gasteiger partial charge in [-0.25, -0.2) is 0 Å². The lowest BCUT2D eigenvalue weighted by atomic mass is 9.37. The molecule has 12 rings (SSSR count). The minimum Gasteiger partial charge on any atom is -0.311 e. The maximum Gasteiger partial charge on any atom is 0.248 e. The average Bonchev–Trinajstić information content (AvgIpc) is 3.80. The number of anilines is 3. The highest BCUT2D eigenvalue weighted by Crippen LogP contribution is 2.44. The van der Waals surface area contributed by atoms with Gasteiger partial charge in [0.2, 0.25) is 6.71 Å². The highest BCUT2D eigenvalue weighted by atomic mass is 15.2. The molecule has 0 aliphatic carbocycles. The van der Waals surface area contributed by atoms with Crippen molar-refractivity contribution in [2.24, 2.45) is 0 Å². The van der Waals surface area contributed by atoms with Crippen molar-refractivity contribution in [2.45, 2.75) is 0 Å². The summed E-state index contributed by atoms with van der Waals surface area (Å²) in [5.74, 6) is 0. The van der Waals surface area contributed by atoms with Crippen molar-refractivity contribution in [1.82, 2.24) is 4.57 Å². The zero-order chi connectivity index (χ0) is 37.5. The molecule has 10 aromatic rings. The fraction of sp³-hybridized carbons (Fsp3) is 0. The van der Waals surface area contributed by atoms with Gasteiger partial charge in [-0.05, 0) is 97.9 Å². The molecule has 3 heterocycles. The Balaban J connectivity index is 1.16. The molecule has 0 saturated carbocycles. The summed E-state index contributed by atoms with van der Waals surface area (Å²) in [5, 5.41) is 2.53. The zero-order valence-corrected chi connectivity index (χ0v) is 31.2. The molecule has 0 unspecified atom stereocenters. The fourth-order valence-corrected chi connectivity index (χ4v) is 9.64. The van der Waals surface area contributed by atoms with Crippen LogP contribution in [-0.2, 0) is 0 Å². The monoisotopic (exact) mass is 722 g/mol. The quantitative estimate of drug-likeness (QED) is 0.161. The number of aromatic nitrogens is 1. The third-order valence-electron chi connectivity index (χ3n) is 12.2. The molecule has 2 aliphatic heterocycles. The fourth-order valence-electron chi connectivity index (χ4n) is 9.64. The first-order chi connectivity index (χ1) is 28.3. The molecule has 57 heavy (non-hydrogen) atoms. The van der Waals surface area contributed by atoms with Crippen molar-refractivity contribution >= 4 is 62.0 Å². The van der Waals surface area contributed by atoms with Crippen LogP contribution in [-0.4, -0.2) is 11.3 Å². The molecule has 0 N–H and O–H groups in total. The van der Waals surface area contributed by atoms with Gasteiger partial charge < -0.3 is 9.47 Å². The molecular weight excluding hydrogens is 687 g/mol. The Morgan fingerprint density at radius 2 is 0.807 bits per heavy atom. The van der Waals surface area contributed by atoms with E-state index in [9.17, 15) is 0 Å². The van der Waals surface area contributed by atoms with Crippen LogP contribution in [0.3, 0.4) is 0 Å². The molecule has 0 saturated heterocycles. The molecule has 0 spiro atoms. The van der Waals surface area contributed by atoms with E-state index in [0.717, 1.165) is 11.4 Å². The standard InChI is InChI=1S/C54H35BN2/c1-4-14-36(15-5-1)39-24-28-42(29-25-39)56-52-31-27-41(38-18-8-3-9-19-38)33-49(52)55-48-32-40(37-16-6-2-7-17-37)26-30-44(48)47-34-43(35-53(56)54(47)55)57-50-22-12-10-20-45(50)46-21-11-13-23-51(46)57/h1-35H. The topological polar surface area (TPSA) is 8.17 Å². The SMILES string of the molecule is c1ccc(-c2ccc(N3c4ccc(-c5ccccc5)cc4B4c5cc(-c6ccccc6)ccc5-c5cc(-n6c7ccccc7c7ccccc76)cc3c54)cc2)cc1. The molecule has 3 heteroatoms. The Morgan fingerprint density at radius 1 is 0.316 bits per heavy atom. The van der Waals surface area contributed by atoms with E-state index < -0.39 is 0 Å². The van der Waals surface area contributed by atoms with Crippen molar-refractivity contribution in [2.75, 3.05) is 4.90 Å². The van der Waals surface area contributed by atoms with Crippen molar-refractivity contribution in [3.05, 3.63) is 212 Å². The summed E-state index contributed by atoms with van der Waals surface area (Å²) < 4.78 is 2.47. The molecule has 9 aromatic carbocycles. The Hall–Kier alpha value is -7.36. The highest BCUT2D eigenvalue weighted by Gasteiger charge is 2.43. The van der Waals surface area contributed by atoms with Crippen molar-refractivity contribution in [1.29, 1.82) is 0 Å². The lowest BCUT2D eigenvalue weighted by molar-refractivity contribution is 1.17. The van der Waals surface area contributed by atoms with Crippen LogP contribution in [0.15, 0.2) is 212 Å². The molecule has 0 fully saturated rings. The third kappa shape index (κ3) is 4.92. The molecule has 0 amide bonds. The summed E-state index contributed by atoms with van der Waals surface area (Å²) >= 11 is 0. The van der Waals surface area contributed by atoms with E-state index in [1.807, 2.05) is 0 Å². The molecule has 264 valence electrons. The van der Waals surface area contributed by atoms with Crippen LogP contribution in [0.2, 0.25) is 0 Å². The first-order valence-corrected chi connectivity index (χ1v) is 19.8. The van der Waals surface area contributed by atoms with Crippen molar-refractivity contribution in [3.8, 4) is 50.2 Å². The van der Waals surface area contributed by atoms with Gasteiger partial charge >= 0.3 is 0 Å². The normalized spacial score (nSPS) is 12.5. The van der Waals surface area contributed by atoms with E-state index in [4.69, 9.17) is 0 Å². The van der Waals surface area contributed by atoms with Gasteiger partial charge in [0.1, 0.15) is 0 Å². The lowest BCUT2D eigenvalue weighted by Crippen LogP contribution is -2.54. The number of rotatable bonds is 5. The van der Waals surface area contributed by atoms with Crippen LogP contribution in [0.5, 0.6) is 0 Å². The minimum absolute atomic E-state index is 0.0689. The van der Waals surface area contributed by atoms with Gasteiger partial charge in [0.05, 0.1) is 11.0 Å². The lowest BCUT2D eigenvalue weighted by Gasteiger charge is -2.36. The Kier molecular flexibility index (Phi) is 7.06. The summed E-state index contributed by atoms with van der Waals surface area (Å²) in [6, 6.07) is 78.2. The van der Waals surface area contributed by atoms with Crippen LogP contribution in [0.25, 0.3) is 72.0 Å². The van der Waals surface area contributed by atoms with E-state index in [2.05, 4.69) is 222 Å². The minimum atomic E-state index is 0.0689. The van der Waals surface area contributed by atoms with Gasteiger partial charge in [-0.1, -0.05) is 175 Å². The van der Waals surface area contributed by atoms with Gasteiger partial charge in [0.15, 0.2) is 0 Å². The van der Waals surface area contributed by atoms with Crippen LogP contribution < -0.4 is 21.3 Å². The van der Waals surface area contributed by atoms with Crippen LogP contribution in [0, 0.1) is 0 Å². The van der Waals surface area contributed by atoms with Crippen molar-refractivity contribution < 1.29 is 0 Å². The van der Waals surface area contributed by atoms with E-state index in [1.54, 1.807) is 0 Å². The van der Waals surface area contributed by atoms with Gasteiger partial charge in [0.25, 0.3) is 0 Å². The number of hydrogen-bond acceptors (Lipinski definition) is 1. The molecule has 1 aromatic heterocycles. The smallest absolute Gasteiger partial charge is 0.248 e. The Labute approximate surface area is 332 Å². The number of nitrogens with zero attached hydrogens (tertiary/aromatic N) is 2. The predicted molar refractivity (Wildman–Crippen MR) is 242 cm³/mol. The van der Waals surface area contributed by atoms with Gasteiger partial charge in [0, 0.05) is 33.5 Å². The van der Waals surface area contributed by atoms with Crippen LogP contribution in [0.1, 0.15) is 0 Å². The second kappa shape index (κ2) is 12.6. The van der Waals surface area contributed by atoms with E-state index in [0.29, 0.717) is 0 Å². The van der Waals surface area contributed by atoms with Gasteiger partial charge in [-0.2, -0.15) is 0 Å². The third-order valence-corrected chi connectivity index (χ3v) is 12.2. The van der Waals surface area contributed by atoms with Crippen LogP contribution >= 0.6 is 0 Å². The first kappa shape index (κ1) is 31.9. The van der Waals surface area contributed by atoms with E-state index in [-0.39, 0.29) is 6.71 Å². The van der Waals surface area contributed by atoms with Gasteiger partial charge in [-0.3, -0.25) is 0 Å². The average molecular weight is 723 g/mol. The number of fused-ring (bicyclic) bond motifs is 8. The molecule has 0 bridgehead atoms. The summed E-state index contributed by atoms with van der Waals surface area (Å²) in [6.07, 6.45) is 0. The molecular formula is C54H35BN2. The summed E-state index contributed by atoms with van der Waals surface area (Å²) in [5.41, 5.74) is 21.2. The van der Waals surface area contributed by atoms with Gasteiger partial charge in [-0.15, -0.1) is 0 Å². The number of hydrogen-bond donors (Lipinski definition) is 0. The second-order valence-corrected chi connectivity index (χ2v) is 15.3. The molecule has 2 aliphatic rings. The van der Waals surface area contributed by atoms with Crippen LogP contribution in [0.4, 0.5) is 17.1 Å². The van der Waals surface area contributed by atoms with Crippen molar-refractivity contribution in [3.63, 3.8) is 0 Å². The highest BCUT2D eigenvalue weighted by molar-refractivity contribution is 7.01. The number of para-hydroxylation sites is 2. The number of benzene rings is 9. The predicted octanol–water partition coefficient (Wildman–Crippen LogP) is 12.1. The summed E-state index contributed by atoms with van der Waals surface area (Å²) in [4.78, 5) is 2.52. The molecule has 0 radical (unpaired) electrons.